The van der Waals surface area contributed by atoms with Gasteiger partial charge in [0.2, 0.25) is 0 Å². The molecule has 0 N–H and O–H groups in total. The molecule has 0 fully saturated rings. The zero-order chi connectivity index (χ0) is 12.7. The molecule has 0 bridgehead atoms. The lowest BCUT2D eigenvalue weighted by molar-refractivity contribution is -0.142. The maximum atomic E-state index is 11.2. The standard InChI is InChI=1S/C12H17ClN2O2/c1-3-7-15(9-12(16)17-2)8-10-5-4-6-11(13)14-10/h4-6H,3,7-9H2,1-2H3. The molecule has 1 aromatic rings. The second kappa shape index (κ2) is 7.25. The van der Waals surface area contributed by atoms with Crippen LogP contribution in [0.4, 0.5) is 0 Å². The fourth-order valence-electron chi connectivity index (χ4n) is 1.54. The molecule has 0 saturated heterocycles. The predicted octanol–water partition coefficient (Wildman–Crippen LogP) is 2.12. The second-order valence-corrected chi connectivity index (χ2v) is 4.13. The molecule has 0 spiro atoms. The number of hydrogen-bond acceptors (Lipinski definition) is 4. The Balaban J connectivity index is 2.62. The van der Waals surface area contributed by atoms with Crippen LogP contribution in [-0.2, 0) is 16.1 Å². The van der Waals surface area contributed by atoms with E-state index in [1.807, 2.05) is 17.0 Å². The van der Waals surface area contributed by atoms with Crippen LogP contribution < -0.4 is 0 Å². The first-order chi connectivity index (χ1) is 8.15. The Morgan fingerprint density at radius 1 is 1.53 bits per heavy atom. The van der Waals surface area contributed by atoms with Gasteiger partial charge in [-0.05, 0) is 25.1 Å². The highest BCUT2D eigenvalue weighted by molar-refractivity contribution is 6.29. The molecule has 4 nitrogen and oxygen atoms in total. The Morgan fingerprint density at radius 2 is 2.29 bits per heavy atom. The summed E-state index contributed by atoms with van der Waals surface area (Å²) in [5.41, 5.74) is 0.856. The zero-order valence-electron chi connectivity index (χ0n) is 10.1. The Labute approximate surface area is 107 Å². The van der Waals surface area contributed by atoms with Crippen molar-refractivity contribution in [3.05, 3.63) is 29.0 Å². The molecule has 1 aromatic heterocycles. The van der Waals surface area contributed by atoms with E-state index in [-0.39, 0.29) is 12.5 Å². The van der Waals surface area contributed by atoms with E-state index in [0.717, 1.165) is 18.7 Å². The predicted molar refractivity (Wildman–Crippen MR) is 66.8 cm³/mol. The first-order valence-corrected chi connectivity index (χ1v) is 5.94. The van der Waals surface area contributed by atoms with E-state index in [1.54, 1.807) is 6.07 Å². The van der Waals surface area contributed by atoms with Crippen molar-refractivity contribution in [3.8, 4) is 0 Å². The van der Waals surface area contributed by atoms with Crippen LogP contribution in [0, 0.1) is 0 Å². The first kappa shape index (κ1) is 13.9. The van der Waals surface area contributed by atoms with Gasteiger partial charge in [0.1, 0.15) is 5.15 Å². The molecule has 0 aliphatic carbocycles. The third-order valence-corrected chi connectivity index (χ3v) is 2.49. The lowest BCUT2D eigenvalue weighted by atomic mass is 10.3. The van der Waals surface area contributed by atoms with Crippen LogP contribution in [0.3, 0.4) is 0 Å². The maximum absolute atomic E-state index is 11.2. The van der Waals surface area contributed by atoms with Crippen LogP contribution >= 0.6 is 11.6 Å². The largest absolute Gasteiger partial charge is 0.468 e. The second-order valence-electron chi connectivity index (χ2n) is 3.74. The number of nitrogens with zero attached hydrogens (tertiary/aromatic N) is 2. The topological polar surface area (TPSA) is 42.4 Å². The van der Waals surface area contributed by atoms with Crippen molar-refractivity contribution in [1.82, 2.24) is 9.88 Å². The van der Waals surface area contributed by atoms with Crippen LogP contribution in [0.25, 0.3) is 0 Å². The highest BCUT2D eigenvalue weighted by atomic mass is 35.5. The molecule has 0 radical (unpaired) electrons. The summed E-state index contributed by atoms with van der Waals surface area (Å²) in [6, 6.07) is 5.48. The van der Waals surface area contributed by atoms with Gasteiger partial charge in [-0.25, -0.2) is 4.98 Å². The molecule has 1 heterocycles. The van der Waals surface area contributed by atoms with Crippen LogP contribution in [0.15, 0.2) is 18.2 Å². The summed E-state index contributed by atoms with van der Waals surface area (Å²) in [7, 11) is 1.39. The highest BCUT2D eigenvalue weighted by Gasteiger charge is 2.11. The van der Waals surface area contributed by atoms with Gasteiger partial charge in [0.15, 0.2) is 0 Å². The van der Waals surface area contributed by atoms with Gasteiger partial charge in [0, 0.05) is 6.54 Å². The van der Waals surface area contributed by atoms with Crippen molar-refractivity contribution in [2.75, 3.05) is 20.2 Å². The van der Waals surface area contributed by atoms with Gasteiger partial charge < -0.3 is 4.74 Å². The summed E-state index contributed by atoms with van der Waals surface area (Å²) in [5, 5.41) is 0.469. The van der Waals surface area contributed by atoms with E-state index in [1.165, 1.54) is 7.11 Å². The highest BCUT2D eigenvalue weighted by Crippen LogP contribution is 2.08. The fraction of sp³-hybridized carbons (Fsp3) is 0.500. The molecule has 0 unspecified atom stereocenters. The lowest BCUT2D eigenvalue weighted by Crippen LogP contribution is -2.31. The first-order valence-electron chi connectivity index (χ1n) is 5.56. The molecule has 0 aromatic carbocycles. The summed E-state index contributed by atoms with van der Waals surface area (Å²) in [5.74, 6) is -0.236. The molecular weight excluding hydrogens is 240 g/mol. The summed E-state index contributed by atoms with van der Waals surface area (Å²) in [4.78, 5) is 17.4. The summed E-state index contributed by atoms with van der Waals surface area (Å²) in [6.07, 6.45) is 0.970. The molecule has 5 heteroatoms. The minimum Gasteiger partial charge on any atom is -0.468 e. The smallest absolute Gasteiger partial charge is 0.319 e. The molecule has 0 aliphatic rings. The zero-order valence-corrected chi connectivity index (χ0v) is 10.9. The van der Waals surface area contributed by atoms with Crippen molar-refractivity contribution < 1.29 is 9.53 Å². The number of halogens is 1. The molecular formula is C12H17ClN2O2. The SMILES string of the molecule is CCCN(CC(=O)OC)Cc1cccc(Cl)n1. The van der Waals surface area contributed by atoms with Crippen LogP contribution in [-0.4, -0.2) is 36.1 Å². The molecule has 0 saturated carbocycles. The summed E-state index contributed by atoms with van der Waals surface area (Å²) < 4.78 is 4.66. The molecule has 0 atom stereocenters. The molecule has 1 rings (SSSR count). The monoisotopic (exact) mass is 256 g/mol. The number of aromatic nitrogens is 1. The minimum absolute atomic E-state index is 0.236. The normalized spacial score (nSPS) is 10.6. The van der Waals surface area contributed by atoms with Gasteiger partial charge in [0.25, 0.3) is 0 Å². The van der Waals surface area contributed by atoms with Gasteiger partial charge in [-0.1, -0.05) is 24.6 Å². The van der Waals surface area contributed by atoms with Crippen LogP contribution in [0.1, 0.15) is 19.0 Å². The molecule has 17 heavy (non-hydrogen) atoms. The number of rotatable bonds is 6. The Bertz CT molecular complexity index is 371. The summed E-state index contributed by atoms with van der Waals surface area (Å²) >= 11 is 5.82. The van der Waals surface area contributed by atoms with E-state index in [0.29, 0.717) is 11.7 Å². The van der Waals surface area contributed by atoms with Crippen LogP contribution in [0.2, 0.25) is 5.15 Å². The number of carbonyl (C=O) groups is 1. The number of esters is 1. The lowest BCUT2D eigenvalue weighted by Gasteiger charge is -2.19. The van der Waals surface area contributed by atoms with E-state index in [4.69, 9.17) is 11.6 Å². The molecule has 94 valence electrons. The number of methoxy groups -OCH3 is 1. The molecule has 0 amide bonds. The van der Waals surface area contributed by atoms with Gasteiger partial charge in [-0.15, -0.1) is 0 Å². The minimum atomic E-state index is -0.236. The summed E-state index contributed by atoms with van der Waals surface area (Å²) in [6.45, 7) is 3.76. The van der Waals surface area contributed by atoms with Gasteiger partial charge >= 0.3 is 5.97 Å². The number of pyridine rings is 1. The van der Waals surface area contributed by atoms with Crippen LogP contribution in [0.5, 0.6) is 0 Å². The average Bonchev–Trinajstić information content (AvgIpc) is 2.29. The van der Waals surface area contributed by atoms with E-state index < -0.39 is 0 Å². The Kier molecular flexibility index (Phi) is 5.94. The quantitative estimate of drug-likeness (QED) is 0.578. The van der Waals surface area contributed by atoms with Gasteiger partial charge in [-0.3, -0.25) is 9.69 Å². The third-order valence-electron chi connectivity index (χ3n) is 2.28. The van der Waals surface area contributed by atoms with E-state index in [2.05, 4.69) is 16.6 Å². The van der Waals surface area contributed by atoms with Crippen molar-refractivity contribution in [2.24, 2.45) is 0 Å². The Morgan fingerprint density at radius 3 is 2.88 bits per heavy atom. The average molecular weight is 257 g/mol. The number of carbonyl (C=O) groups excluding carboxylic acids is 1. The van der Waals surface area contributed by atoms with E-state index >= 15 is 0 Å². The van der Waals surface area contributed by atoms with Crippen molar-refractivity contribution in [3.63, 3.8) is 0 Å². The third kappa shape index (κ3) is 5.15. The number of hydrogen-bond donors (Lipinski definition) is 0. The van der Waals surface area contributed by atoms with Gasteiger partial charge in [-0.2, -0.15) is 0 Å². The van der Waals surface area contributed by atoms with Crippen molar-refractivity contribution >= 4 is 17.6 Å². The van der Waals surface area contributed by atoms with E-state index in [9.17, 15) is 4.79 Å². The molecule has 0 aliphatic heterocycles. The number of ether oxygens (including phenoxy) is 1. The maximum Gasteiger partial charge on any atom is 0.319 e. The fourth-order valence-corrected chi connectivity index (χ4v) is 1.73. The Hall–Kier alpha value is -1.13. The van der Waals surface area contributed by atoms with Crippen molar-refractivity contribution in [1.29, 1.82) is 0 Å². The van der Waals surface area contributed by atoms with Crippen molar-refractivity contribution in [2.45, 2.75) is 19.9 Å². The van der Waals surface area contributed by atoms with Gasteiger partial charge in [0.05, 0.1) is 19.3 Å².